The van der Waals surface area contributed by atoms with Crippen LogP contribution in [0.3, 0.4) is 0 Å². The first-order valence-corrected chi connectivity index (χ1v) is 8.14. The van der Waals surface area contributed by atoms with Crippen LogP contribution in [-0.4, -0.2) is 43.9 Å². The van der Waals surface area contributed by atoms with Crippen molar-refractivity contribution < 1.29 is 0 Å². The number of fused-ring (bicyclic) bond motifs is 1. The Morgan fingerprint density at radius 1 is 1.29 bits per heavy atom. The van der Waals surface area contributed by atoms with Gasteiger partial charge in [0, 0.05) is 19.6 Å². The number of aryl methyl sites for hydroxylation is 3. The van der Waals surface area contributed by atoms with Crippen molar-refractivity contribution >= 4 is 22.8 Å². The molecule has 0 aromatic carbocycles. The van der Waals surface area contributed by atoms with E-state index in [0.717, 1.165) is 42.2 Å². The first-order chi connectivity index (χ1) is 9.95. The minimum absolute atomic E-state index is 0.444. The van der Waals surface area contributed by atoms with Gasteiger partial charge in [-0.15, -0.1) is 11.6 Å². The molecule has 0 atom stereocenters. The highest BCUT2D eigenvalue weighted by Gasteiger charge is 2.16. The molecular formula is C15H26ClN5. The van der Waals surface area contributed by atoms with Crippen molar-refractivity contribution in [3.8, 4) is 0 Å². The molecule has 0 N–H and O–H groups in total. The molecule has 0 saturated heterocycles. The standard InChI is InChI=1S/C15H26ClN5/c1-11(2)19(4)8-6-7-9-21-13(10-16)17-14-12(3)18-20(5)15(14)21/h11H,6-10H2,1-5H3. The Bertz CT molecular complexity index is 599. The van der Waals surface area contributed by atoms with Crippen molar-refractivity contribution in [2.45, 2.75) is 52.1 Å². The lowest BCUT2D eigenvalue weighted by atomic mass is 10.2. The van der Waals surface area contributed by atoms with Crippen molar-refractivity contribution in [3.63, 3.8) is 0 Å². The zero-order valence-electron chi connectivity index (χ0n) is 13.7. The molecule has 0 aliphatic heterocycles. The van der Waals surface area contributed by atoms with Gasteiger partial charge in [-0.1, -0.05) is 0 Å². The minimum Gasteiger partial charge on any atom is -0.312 e. The van der Waals surface area contributed by atoms with Crippen LogP contribution in [0, 0.1) is 6.92 Å². The lowest BCUT2D eigenvalue weighted by Crippen LogP contribution is -2.27. The second-order valence-electron chi connectivity index (χ2n) is 5.98. The van der Waals surface area contributed by atoms with Crippen LogP contribution in [0.25, 0.3) is 11.2 Å². The molecule has 6 heteroatoms. The lowest BCUT2D eigenvalue weighted by molar-refractivity contribution is 0.266. The third kappa shape index (κ3) is 3.40. The molecule has 0 saturated carbocycles. The Hall–Kier alpha value is -1.07. The van der Waals surface area contributed by atoms with Gasteiger partial charge in [-0.3, -0.25) is 4.68 Å². The predicted molar refractivity (Wildman–Crippen MR) is 87.8 cm³/mol. The van der Waals surface area contributed by atoms with Gasteiger partial charge < -0.3 is 9.47 Å². The number of imidazole rings is 1. The van der Waals surface area contributed by atoms with E-state index in [1.165, 1.54) is 6.42 Å². The molecule has 2 rings (SSSR count). The van der Waals surface area contributed by atoms with E-state index >= 15 is 0 Å². The number of hydrogen-bond acceptors (Lipinski definition) is 3. The zero-order valence-corrected chi connectivity index (χ0v) is 14.5. The summed E-state index contributed by atoms with van der Waals surface area (Å²) in [5.74, 6) is 1.39. The Balaban J connectivity index is 2.07. The summed E-state index contributed by atoms with van der Waals surface area (Å²) in [5.41, 5.74) is 3.03. The Morgan fingerprint density at radius 3 is 2.62 bits per heavy atom. The van der Waals surface area contributed by atoms with Crippen LogP contribution >= 0.6 is 11.6 Å². The summed E-state index contributed by atoms with van der Waals surface area (Å²) in [5, 5.41) is 4.45. The maximum atomic E-state index is 6.05. The van der Waals surface area contributed by atoms with Crippen LogP contribution < -0.4 is 0 Å². The lowest BCUT2D eigenvalue weighted by Gasteiger charge is -2.20. The van der Waals surface area contributed by atoms with Gasteiger partial charge >= 0.3 is 0 Å². The highest BCUT2D eigenvalue weighted by molar-refractivity contribution is 6.16. The molecule has 5 nitrogen and oxygen atoms in total. The molecule has 0 fully saturated rings. The highest BCUT2D eigenvalue weighted by Crippen LogP contribution is 2.20. The summed E-state index contributed by atoms with van der Waals surface area (Å²) in [7, 11) is 4.15. The van der Waals surface area contributed by atoms with Gasteiger partial charge in [0.05, 0.1) is 11.6 Å². The molecule has 2 aromatic heterocycles. The van der Waals surface area contributed by atoms with Crippen LogP contribution in [0.15, 0.2) is 0 Å². The van der Waals surface area contributed by atoms with Crippen molar-refractivity contribution in [2.24, 2.45) is 7.05 Å². The monoisotopic (exact) mass is 311 g/mol. The largest absolute Gasteiger partial charge is 0.312 e. The third-order valence-corrected chi connectivity index (χ3v) is 4.35. The van der Waals surface area contributed by atoms with Crippen LogP contribution in [-0.2, 0) is 19.5 Å². The maximum absolute atomic E-state index is 6.05. The number of halogens is 1. The van der Waals surface area contributed by atoms with E-state index in [2.05, 4.69) is 40.4 Å². The van der Waals surface area contributed by atoms with E-state index in [0.29, 0.717) is 11.9 Å². The SMILES string of the molecule is Cc1nn(C)c2c1nc(CCl)n2CCCCN(C)C(C)C. The van der Waals surface area contributed by atoms with Crippen molar-refractivity contribution in [1.29, 1.82) is 0 Å². The quantitative estimate of drug-likeness (QED) is 0.583. The van der Waals surface area contributed by atoms with Crippen LogP contribution in [0.2, 0.25) is 0 Å². The molecule has 0 aliphatic carbocycles. The Kier molecular flexibility index (Phi) is 5.27. The highest BCUT2D eigenvalue weighted by atomic mass is 35.5. The number of rotatable bonds is 7. The normalized spacial score (nSPS) is 12.2. The van der Waals surface area contributed by atoms with E-state index in [1.54, 1.807) is 0 Å². The zero-order chi connectivity index (χ0) is 15.6. The molecule has 2 heterocycles. The molecule has 0 radical (unpaired) electrons. The van der Waals surface area contributed by atoms with Gasteiger partial charge in [0.25, 0.3) is 0 Å². The van der Waals surface area contributed by atoms with Crippen molar-refractivity contribution in [2.75, 3.05) is 13.6 Å². The second kappa shape index (κ2) is 6.79. The number of nitrogens with zero attached hydrogens (tertiary/aromatic N) is 5. The average Bonchev–Trinajstić information content (AvgIpc) is 2.93. The summed E-state index contributed by atoms with van der Waals surface area (Å²) in [6.07, 6.45) is 2.30. The molecular weight excluding hydrogens is 286 g/mol. The van der Waals surface area contributed by atoms with Gasteiger partial charge in [0.1, 0.15) is 11.3 Å². The van der Waals surface area contributed by atoms with Gasteiger partial charge in [0.2, 0.25) is 0 Å². The van der Waals surface area contributed by atoms with Gasteiger partial charge in [-0.2, -0.15) is 5.10 Å². The van der Waals surface area contributed by atoms with Crippen molar-refractivity contribution in [3.05, 3.63) is 11.5 Å². The van der Waals surface area contributed by atoms with Crippen LogP contribution in [0.4, 0.5) is 0 Å². The predicted octanol–water partition coefficient (Wildman–Crippen LogP) is 2.94. The van der Waals surface area contributed by atoms with E-state index in [-0.39, 0.29) is 0 Å². The smallest absolute Gasteiger partial charge is 0.158 e. The molecule has 0 spiro atoms. The first-order valence-electron chi connectivity index (χ1n) is 7.60. The van der Waals surface area contributed by atoms with Gasteiger partial charge in [0.15, 0.2) is 5.65 Å². The molecule has 0 bridgehead atoms. The number of unbranched alkanes of at least 4 members (excludes halogenated alkanes) is 1. The number of aromatic nitrogens is 4. The van der Waals surface area contributed by atoms with Crippen LogP contribution in [0.5, 0.6) is 0 Å². The van der Waals surface area contributed by atoms with E-state index in [9.17, 15) is 0 Å². The molecule has 0 amide bonds. The summed E-state index contributed by atoms with van der Waals surface area (Å²) in [6.45, 7) is 8.52. The number of hydrogen-bond donors (Lipinski definition) is 0. The third-order valence-electron chi connectivity index (χ3n) is 4.11. The first kappa shape index (κ1) is 16.3. The van der Waals surface area contributed by atoms with Gasteiger partial charge in [-0.05, 0) is 47.2 Å². The van der Waals surface area contributed by atoms with E-state index in [4.69, 9.17) is 11.6 Å². The molecule has 21 heavy (non-hydrogen) atoms. The molecule has 2 aromatic rings. The summed E-state index contributed by atoms with van der Waals surface area (Å²) >= 11 is 6.05. The van der Waals surface area contributed by atoms with E-state index < -0.39 is 0 Å². The minimum atomic E-state index is 0.444. The van der Waals surface area contributed by atoms with Crippen LogP contribution in [0.1, 0.15) is 38.2 Å². The Labute approximate surface area is 131 Å². The second-order valence-corrected chi connectivity index (χ2v) is 6.24. The summed E-state index contributed by atoms with van der Waals surface area (Å²) in [4.78, 5) is 7.01. The maximum Gasteiger partial charge on any atom is 0.158 e. The fourth-order valence-corrected chi connectivity index (χ4v) is 2.81. The number of alkyl halides is 1. The summed E-state index contributed by atoms with van der Waals surface area (Å²) in [6, 6.07) is 0.600. The molecule has 0 aliphatic rings. The average molecular weight is 312 g/mol. The summed E-state index contributed by atoms with van der Waals surface area (Å²) < 4.78 is 4.13. The van der Waals surface area contributed by atoms with Gasteiger partial charge in [-0.25, -0.2) is 4.98 Å². The van der Waals surface area contributed by atoms with E-state index in [1.807, 2.05) is 18.7 Å². The molecule has 0 unspecified atom stereocenters. The Morgan fingerprint density at radius 2 is 2.00 bits per heavy atom. The molecule has 118 valence electrons. The fraction of sp³-hybridized carbons (Fsp3) is 0.733. The topological polar surface area (TPSA) is 38.9 Å². The van der Waals surface area contributed by atoms with Crippen molar-refractivity contribution in [1.82, 2.24) is 24.2 Å². The fourth-order valence-electron chi connectivity index (χ4n) is 2.61.